The number of rotatable bonds is 5. The molecule has 130 valence electrons. The van der Waals surface area contributed by atoms with Crippen LogP contribution in [0.5, 0.6) is 5.75 Å². The average molecular weight is 337 g/mol. The highest BCUT2D eigenvalue weighted by atomic mass is 16.5. The third-order valence-electron chi connectivity index (χ3n) is 5.14. The Morgan fingerprint density at radius 3 is 2.72 bits per heavy atom. The molecular weight excluding hydrogens is 314 g/mol. The number of nitrogens with one attached hydrogen (secondary N) is 1. The van der Waals surface area contributed by atoms with Crippen molar-refractivity contribution in [2.45, 2.75) is 25.2 Å². The third kappa shape index (κ3) is 3.31. The number of amides is 1. The summed E-state index contributed by atoms with van der Waals surface area (Å²) >= 11 is 0. The van der Waals surface area contributed by atoms with Crippen LogP contribution in [0, 0.1) is 5.92 Å². The van der Waals surface area contributed by atoms with Gasteiger partial charge in [-0.15, -0.1) is 0 Å². The van der Waals surface area contributed by atoms with E-state index in [1.807, 2.05) is 42.6 Å². The van der Waals surface area contributed by atoms with Crippen LogP contribution in [0.1, 0.15) is 30.7 Å². The van der Waals surface area contributed by atoms with Gasteiger partial charge < -0.3 is 15.0 Å². The largest absolute Gasteiger partial charge is 0.496 e. The molecule has 1 saturated heterocycles. The Morgan fingerprint density at radius 1 is 1.20 bits per heavy atom. The third-order valence-corrected chi connectivity index (χ3v) is 5.14. The van der Waals surface area contributed by atoms with E-state index in [4.69, 9.17) is 4.74 Å². The molecule has 1 amide bonds. The lowest BCUT2D eigenvalue weighted by molar-refractivity contribution is -0.117. The number of ether oxygens (including phenoxy) is 1. The number of anilines is 2. The number of pyridine rings is 1. The van der Waals surface area contributed by atoms with Gasteiger partial charge in [-0.25, -0.2) is 4.98 Å². The van der Waals surface area contributed by atoms with Gasteiger partial charge in [0.15, 0.2) is 0 Å². The molecule has 0 radical (unpaired) electrons. The molecular formula is C20H23N3O2. The van der Waals surface area contributed by atoms with Crippen LogP contribution in [0.4, 0.5) is 11.5 Å². The predicted molar refractivity (Wildman–Crippen MR) is 98.2 cm³/mol. The quantitative estimate of drug-likeness (QED) is 0.908. The maximum absolute atomic E-state index is 12.5. The molecule has 1 aromatic carbocycles. The van der Waals surface area contributed by atoms with E-state index in [2.05, 4.69) is 15.2 Å². The van der Waals surface area contributed by atoms with E-state index < -0.39 is 0 Å². The Morgan fingerprint density at radius 2 is 2.00 bits per heavy atom. The molecule has 2 unspecified atom stereocenters. The summed E-state index contributed by atoms with van der Waals surface area (Å²) in [6.07, 6.45) is 5.19. The van der Waals surface area contributed by atoms with Crippen LogP contribution >= 0.6 is 0 Å². The Balaban J connectivity index is 1.38. The van der Waals surface area contributed by atoms with Crippen molar-refractivity contribution in [3.05, 3.63) is 48.2 Å². The number of para-hydroxylation sites is 1. The zero-order valence-corrected chi connectivity index (χ0v) is 14.4. The first-order valence-corrected chi connectivity index (χ1v) is 8.91. The number of methoxy groups -OCH3 is 1. The van der Waals surface area contributed by atoms with Gasteiger partial charge in [-0.3, -0.25) is 4.79 Å². The Bertz CT molecular complexity index is 754. The van der Waals surface area contributed by atoms with Crippen LogP contribution in [-0.2, 0) is 4.79 Å². The number of nitrogens with zero attached hydrogens (tertiary/aromatic N) is 2. The Labute approximate surface area is 148 Å². The number of carbonyl (C=O) groups excluding carboxylic acids is 1. The van der Waals surface area contributed by atoms with Crippen LogP contribution in [0.25, 0.3) is 0 Å². The zero-order chi connectivity index (χ0) is 17.2. The molecule has 2 aromatic rings. The highest BCUT2D eigenvalue weighted by Crippen LogP contribution is 2.50. The van der Waals surface area contributed by atoms with E-state index in [1.165, 1.54) is 12.8 Å². The summed E-state index contributed by atoms with van der Waals surface area (Å²) in [5.74, 6) is 1.75. The average Bonchev–Trinajstić information content (AvgIpc) is 3.27. The maximum atomic E-state index is 12.5. The molecule has 1 aliphatic heterocycles. The summed E-state index contributed by atoms with van der Waals surface area (Å²) < 4.78 is 5.41. The number of benzene rings is 1. The lowest BCUT2D eigenvalue weighted by atomic mass is 10.1. The summed E-state index contributed by atoms with van der Waals surface area (Å²) in [4.78, 5) is 19.2. The van der Waals surface area contributed by atoms with E-state index in [0.717, 1.165) is 36.5 Å². The highest BCUT2D eigenvalue weighted by molar-refractivity contribution is 5.94. The predicted octanol–water partition coefficient (Wildman–Crippen LogP) is 3.43. The fraction of sp³-hybridized carbons (Fsp3) is 0.400. The standard InChI is InChI=1S/C20H23N3O2/c1-25-18-7-3-2-6-15(18)16-12-17(16)20(24)22-19-9-8-14(13-21-19)23-10-4-5-11-23/h2-3,6-9,13,16-17H,4-5,10-12H2,1H3,(H,21,22,24). The van der Waals surface area contributed by atoms with Gasteiger partial charge in [0.25, 0.3) is 0 Å². The summed E-state index contributed by atoms with van der Waals surface area (Å²) in [5, 5.41) is 2.95. The first-order valence-electron chi connectivity index (χ1n) is 8.91. The second-order valence-corrected chi connectivity index (χ2v) is 6.78. The molecule has 2 atom stereocenters. The normalized spacial score (nSPS) is 21.9. The SMILES string of the molecule is COc1ccccc1C1CC1C(=O)Nc1ccc(N2CCCC2)cn1. The molecule has 0 bridgehead atoms. The molecule has 1 saturated carbocycles. The molecule has 1 aromatic heterocycles. The van der Waals surface area contributed by atoms with Gasteiger partial charge in [0.2, 0.25) is 5.91 Å². The topological polar surface area (TPSA) is 54.5 Å². The van der Waals surface area contributed by atoms with Crippen LogP contribution in [0.15, 0.2) is 42.6 Å². The molecule has 1 aliphatic carbocycles. The van der Waals surface area contributed by atoms with E-state index in [9.17, 15) is 4.79 Å². The maximum Gasteiger partial charge on any atom is 0.229 e. The van der Waals surface area contributed by atoms with Crippen LogP contribution in [0.2, 0.25) is 0 Å². The van der Waals surface area contributed by atoms with Crippen molar-refractivity contribution in [1.82, 2.24) is 4.98 Å². The summed E-state index contributed by atoms with van der Waals surface area (Å²) in [7, 11) is 1.67. The van der Waals surface area contributed by atoms with Gasteiger partial charge in [0.1, 0.15) is 11.6 Å². The van der Waals surface area contributed by atoms with Crippen LogP contribution in [-0.4, -0.2) is 31.1 Å². The zero-order valence-electron chi connectivity index (χ0n) is 14.4. The van der Waals surface area contributed by atoms with E-state index >= 15 is 0 Å². The van der Waals surface area contributed by atoms with E-state index in [1.54, 1.807) is 7.11 Å². The van der Waals surface area contributed by atoms with Crippen molar-refractivity contribution in [2.75, 3.05) is 30.4 Å². The van der Waals surface area contributed by atoms with Crippen molar-refractivity contribution >= 4 is 17.4 Å². The number of aromatic nitrogens is 1. The molecule has 4 rings (SSSR count). The van der Waals surface area contributed by atoms with Gasteiger partial charge >= 0.3 is 0 Å². The van der Waals surface area contributed by atoms with Gasteiger partial charge in [-0.1, -0.05) is 18.2 Å². The number of carbonyl (C=O) groups is 1. The molecule has 2 aliphatic rings. The smallest absolute Gasteiger partial charge is 0.229 e. The summed E-state index contributed by atoms with van der Waals surface area (Å²) in [6.45, 7) is 2.19. The minimum Gasteiger partial charge on any atom is -0.496 e. The van der Waals surface area contributed by atoms with Gasteiger partial charge in [0.05, 0.1) is 19.0 Å². The molecule has 5 heteroatoms. The van der Waals surface area contributed by atoms with Crippen molar-refractivity contribution in [3.63, 3.8) is 0 Å². The van der Waals surface area contributed by atoms with Gasteiger partial charge in [-0.2, -0.15) is 0 Å². The fourth-order valence-electron chi connectivity index (χ4n) is 3.64. The molecule has 2 heterocycles. The van der Waals surface area contributed by atoms with Crippen molar-refractivity contribution in [1.29, 1.82) is 0 Å². The monoisotopic (exact) mass is 337 g/mol. The lowest BCUT2D eigenvalue weighted by Crippen LogP contribution is -2.18. The summed E-state index contributed by atoms with van der Waals surface area (Å²) in [6, 6.07) is 11.9. The van der Waals surface area contributed by atoms with Crippen LogP contribution < -0.4 is 15.0 Å². The van der Waals surface area contributed by atoms with Crippen LogP contribution in [0.3, 0.4) is 0 Å². The number of hydrogen-bond donors (Lipinski definition) is 1. The molecule has 5 nitrogen and oxygen atoms in total. The van der Waals surface area contributed by atoms with E-state index in [-0.39, 0.29) is 17.7 Å². The van der Waals surface area contributed by atoms with Crippen molar-refractivity contribution in [2.24, 2.45) is 5.92 Å². The van der Waals surface area contributed by atoms with Gasteiger partial charge in [-0.05, 0) is 48.9 Å². The number of hydrogen-bond acceptors (Lipinski definition) is 4. The summed E-state index contributed by atoms with van der Waals surface area (Å²) in [5.41, 5.74) is 2.25. The first-order chi connectivity index (χ1) is 12.3. The van der Waals surface area contributed by atoms with Crippen molar-refractivity contribution in [3.8, 4) is 5.75 Å². The minimum atomic E-state index is -0.00337. The fourth-order valence-corrected chi connectivity index (χ4v) is 3.64. The van der Waals surface area contributed by atoms with Crippen molar-refractivity contribution < 1.29 is 9.53 Å². The first kappa shape index (κ1) is 15.9. The molecule has 2 fully saturated rings. The molecule has 25 heavy (non-hydrogen) atoms. The molecule has 1 N–H and O–H groups in total. The Hall–Kier alpha value is -2.56. The van der Waals surface area contributed by atoms with Gasteiger partial charge in [0, 0.05) is 19.0 Å². The highest BCUT2D eigenvalue weighted by Gasteiger charge is 2.45. The second kappa shape index (κ2) is 6.75. The minimum absolute atomic E-state index is 0.00337. The lowest BCUT2D eigenvalue weighted by Gasteiger charge is -2.17. The van der Waals surface area contributed by atoms with E-state index in [0.29, 0.717) is 5.82 Å². The molecule has 0 spiro atoms. The second-order valence-electron chi connectivity index (χ2n) is 6.78. The Kier molecular flexibility index (Phi) is 4.30.